The lowest BCUT2D eigenvalue weighted by molar-refractivity contribution is -0.892. The van der Waals surface area contributed by atoms with Crippen molar-refractivity contribution in [1.29, 1.82) is 5.26 Å². The Morgan fingerprint density at radius 1 is 1.26 bits per heavy atom. The Balaban J connectivity index is 1.49. The van der Waals surface area contributed by atoms with Crippen molar-refractivity contribution in [3.8, 4) is 11.8 Å². The molecule has 0 spiro atoms. The number of rotatable bonds is 5. The van der Waals surface area contributed by atoms with Gasteiger partial charge < -0.3 is 19.9 Å². The molecule has 0 unspecified atom stereocenters. The van der Waals surface area contributed by atoms with Gasteiger partial charge in [0.2, 0.25) is 0 Å². The molecule has 27 heavy (non-hydrogen) atoms. The summed E-state index contributed by atoms with van der Waals surface area (Å²) < 4.78 is 5.20. The summed E-state index contributed by atoms with van der Waals surface area (Å²) in [6.07, 6.45) is 0. The molecule has 1 aliphatic heterocycles. The van der Waals surface area contributed by atoms with Gasteiger partial charge in [-0.05, 0) is 42.5 Å². The number of nitriles is 1. The highest BCUT2D eigenvalue weighted by molar-refractivity contribution is 6.32. The predicted octanol–water partition coefficient (Wildman–Crippen LogP) is 1.56. The van der Waals surface area contributed by atoms with E-state index in [-0.39, 0.29) is 5.91 Å². The largest absolute Gasteiger partial charge is 0.497 e. The summed E-state index contributed by atoms with van der Waals surface area (Å²) in [5, 5.41) is 12.1. The molecule has 0 saturated carbocycles. The zero-order valence-corrected chi connectivity index (χ0v) is 15.9. The van der Waals surface area contributed by atoms with E-state index in [1.165, 1.54) is 10.6 Å². The van der Waals surface area contributed by atoms with E-state index in [9.17, 15) is 4.79 Å². The van der Waals surface area contributed by atoms with Gasteiger partial charge in [-0.3, -0.25) is 4.79 Å². The fraction of sp³-hybridized carbons (Fsp3) is 0.300. The van der Waals surface area contributed by atoms with Crippen molar-refractivity contribution < 1.29 is 14.4 Å². The van der Waals surface area contributed by atoms with E-state index in [2.05, 4.69) is 22.3 Å². The quantitative estimate of drug-likeness (QED) is 0.819. The Kier molecular flexibility index (Phi) is 6.17. The molecule has 6 nitrogen and oxygen atoms in total. The van der Waals surface area contributed by atoms with Crippen molar-refractivity contribution in [3.63, 3.8) is 0 Å². The number of methoxy groups -OCH3 is 1. The van der Waals surface area contributed by atoms with E-state index < -0.39 is 0 Å². The minimum atomic E-state index is -0.0522. The number of quaternary nitrogens is 1. The van der Waals surface area contributed by atoms with Crippen LogP contribution in [-0.2, 0) is 4.79 Å². The number of hydrogen-bond donors (Lipinski definition) is 2. The zero-order valence-electron chi connectivity index (χ0n) is 15.2. The number of carbonyl (C=O) groups is 1. The maximum atomic E-state index is 12.3. The van der Waals surface area contributed by atoms with Crippen LogP contribution >= 0.6 is 11.6 Å². The third-order valence-corrected chi connectivity index (χ3v) is 5.00. The molecule has 1 fully saturated rings. The van der Waals surface area contributed by atoms with Gasteiger partial charge in [0.05, 0.1) is 43.9 Å². The number of anilines is 2. The molecule has 7 heteroatoms. The van der Waals surface area contributed by atoms with Crippen molar-refractivity contribution >= 4 is 28.9 Å². The molecule has 2 N–H and O–H groups in total. The number of amides is 1. The number of nitrogens with one attached hydrogen (secondary N) is 2. The first-order valence-corrected chi connectivity index (χ1v) is 9.19. The van der Waals surface area contributed by atoms with E-state index in [4.69, 9.17) is 21.6 Å². The Hall–Kier alpha value is -2.75. The molecule has 1 heterocycles. The molecular weight excluding hydrogens is 364 g/mol. The smallest absolute Gasteiger partial charge is 0.279 e. The second kappa shape index (κ2) is 8.76. The Bertz CT molecular complexity index is 840. The number of carbonyl (C=O) groups excluding carboxylic acids is 1. The molecule has 1 aliphatic rings. The minimum absolute atomic E-state index is 0.0522. The zero-order chi connectivity index (χ0) is 19.2. The summed E-state index contributed by atoms with van der Waals surface area (Å²) in [7, 11) is 1.66. The van der Waals surface area contributed by atoms with Crippen LogP contribution in [0.25, 0.3) is 0 Å². The SMILES string of the molecule is COc1ccc(N2CC[NH+](CC(=O)Nc3ccc(C#N)c(Cl)c3)CC2)cc1. The molecule has 1 saturated heterocycles. The second-order valence-electron chi connectivity index (χ2n) is 6.47. The van der Waals surface area contributed by atoms with Gasteiger partial charge in [0.25, 0.3) is 5.91 Å². The van der Waals surface area contributed by atoms with E-state index in [0.29, 0.717) is 22.8 Å². The van der Waals surface area contributed by atoms with Gasteiger partial charge in [0.1, 0.15) is 11.8 Å². The van der Waals surface area contributed by atoms with Crippen molar-refractivity contribution in [3.05, 3.63) is 53.1 Å². The van der Waals surface area contributed by atoms with Crippen LogP contribution in [0.4, 0.5) is 11.4 Å². The summed E-state index contributed by atoms with van der Waals surface area (Å²) in [5.74, 6) is 0.797. The van der Waals surface area contributed by atoms with Gasteiger partial charge in [0.15, 0.2) is 6.54 Å². The molecule has 2 aromatic carbocycles. The lowest BCUT2D eigenvalue weighted by Crippen LogP contribution is -3.15. The highest BCUT2D eigenvalue weighted by atomic mass is 35.5. The summed E-state index contributed by atoms with van der Waals surface area (Å²) in [6.45, 7) is 4.00. The summed E-state index contributed by atoms with van der Waals surface area (Å²) in [5.41, 5.74) is 2.18. The van der Waals surface area contributed by atoms with Crippen molar-refractivity contribution in [2.75, 3.05) is 50.1 Å². The van der Waals surface area contributed by atoms with Crippen LogP contribution in [0.5, 0.6) is 5.75 Å². The van der Waals surface area contributed by atoms with Crippen LogP contribution in [0.15, 0.2) is 42.5 Å². The first-order chi connectivity index (χ1) is 13.1. The van der Waals surface area contributed by atoms with Crippen LogP contribution < -0.4 is 19.9 Å². The van der Waals surface area contributed by atoms with Crippen molar-refractivity contribution in [2.45, 2.75) is 0 Å². The van der Waals surface area contributed by atoms with Gasteiger partial charge in [-0.15, -0.1) is 0 Å². The van der Waals surface area contributed by atoms with Gasteiger partial charge >= 0.3 is 0 Å². The third-order valence-electron chi connectivity index (χ3n) is 4.69. The second-order valence-corrected chi connectivity index (χ2v) is 6.87. The van der Waals surface area contributed by atoms with Gasteiger partial charge in [-0.2, -0.15) is 5.26 Å². The van der Waals surface area contributed by atoms with E-state index in [1.807, 2.05) is 18.2 Å². The number of piperazine rings is 1. The first kappa shape index (κ1) is 19.0. The average molecular weight is 386 g/mol. The maximum absolute atomic E-state index is 12.3. The molecule has 0 aromatic heterocycles. The number of benzene rings is 2. The molecular formula is C20H22ClN4O2+. The number of nitrogens with zero attached hydrogens (tertiary/aromatic N) is 2. The van der Waals surface area contributed by atoms with Crippen molar-refractivity contribution in [2.24, 2.45) is 0 Å². The van der Waals surface area contributed by atoms with E-state index >= 15 is 0 Å². The molecule has 2 aromatic rings. The predicted molar refractivity (Wildman–Crippen MR) is 106 cm³/mol. The lowest BCUT2D eigenvalue weighted by atomic mass is 10.2. The Morgan fingerprint density at radius 3 is 2.56 bits per heavy atom. The Morgan fingerprint density at radius 2 is 1.96 bits per heavy atom. The average Bonchev–Trinajstić information content (AvgIpc) is 2.69. The fourth-order valence-corrected chi connectivity index (χ4v) is 3.39. The van der Waals surface area contributed by atoms with Crippen molar-refractivity contribution in [1.82, 2.24) is 0 Å². The Labute approximate surface area is 163 Å². The monoisotopic (exact) mass is 385 g/mol. The number of halogens is 1. The summed E-state index contributed by atoms with van der Waals surface area (Å²) >= 11 is 6.01. The molecule has 1 amide bonds. The van der Waals surface area contributed by atoms with E-state index in [0.717, 1.165) is 31.9 Å². The van der Waals surface area contributed by atoms with Crippen LogP contribution in [0.2, 0.25) is 5.02 Å². The van der Waals surface area contributed by atoms with Gasteiger partial charge in [0, 0.05) is 11.4 Å². The fourth-order valence-electron chi connectivity index (χ4n) is 3.17. The highest BCUT2D eigenvalue weighted by Crippen LogP contribution is 2.20. The molecule has 140 valence electrons. The van der Waals surface area contributed by atoms with Crippen LogP contribution in [-0.4, -0.2) is 45.7 Å². The van der Waals surface area contributed by atoms with Crippen LogP contribution in [0, 0.1) is 11.3 Å². The number of ether oxygens (including phenoxy) is 1. The normalized spacial score (nSPS) is 14.5. The number of hydrogen-bond acceptors (Lipinski definition) is 4. The molecule has 3 rings (SSSR count). The maximum Gasteiger partial charge on any atom is 0.279 e. The van der Waals surface area contributed by atoms with E-state index in [1.54, 1.807) is 25.3 Å². The summed E-state index contributed by atoms with van der Waals surface area (Å²) in [4.78, 5) is 15.9. The molecule has 0 bridgehead atoms. The standard InChI is InChI=1S/C20H21ClN4O2/c1-27-18-6-4-17(5-7-18)25-10-8-24(9-11-25)14-20(26)23-16-3-2-15(13-22)19(21)12-16/h2-7,12H,8-11,14H2,1H3,(H,23,26)/p+1. The molecule has 0 atom stereocenters. The minimum Gasteiger partial charge on any atom is -0.497 e. The molecule has 0 radical (unpaired) electrons. The third kappa shape index (κ3) is 4.91. The van der Waals surface area contributed by atoms with Crippen LogP contribution in [0.1, 0.15) is 5.56 Å². The lowest BCUT2D eigenvalue weighted by Gasteiger charge is -2.33. The summed E-state index contributed by atoms with van der Waals surface area (Å²) in [6, 6.07) is 15.0. The topological polar surface area (TPSA) is 69.8 Å². The molecule has 0 aliphatic carbocycles. The van der Waals surface area contributed by atoms with Gasteiger partial charge in [-0.1, -0.05) is 11.6 Å². The first-order valence-electron chi connectivity index (χ1n) is 8.81. The highest BCUT2D eigenvalue weighted by Gasteiger charge is 2.22. The van der Waals surface area contributed by atoms with Gasteiger partial charge in [-0.25, -0.2) is 0 Å². The van der Waals surface area contributed by atoms with Crippen LogP contribution in [0.3, 0.4) is 0 Å².